The molecule has 35 heavy (non-hydrogen) atoms. The van der Waals surface area contributed by atoms with Crippen LogP contribution in [0.2, 0.25) is 0 Å². The van der Waals surface area contributed by atoms with E-state index in [-0.39, 0.29) is 11.8 Å². The first-order valence-electron chi connectivity index (χ1n) is 11.6. The standard InChI is InChI=1S/C13H14P2.C11H15N3O4.C2H6/c14-12-5-1-3-10(8-12)7-11-4-2-6-13(15)9-11;1-7(18-2)6-13-3-4-14-9(11(13)17)10(16)8(15)5-12-14;1-2/h1-6,8-9H,7,14-15H2;5,7,16H,3-4,6H2,1-2H3;1-2H3. The number of aromatic nitrogens is 2. The first-order chi connectivity index (χ1) is 16.8. The third-order valence-electron chi connectivity index (χ3n) is 5.29. The Morgan fingerprint density at radius 3 is 2.11 bits per heavy atom. The van der Waals surface area contributed by atoms with E-state index in [4.69, 9.17) is 4.74 Å². The van der Waals surface area contributed by atoms with Crippen LogP contribution in [-0.2, 0) is 17.7 Å². The minimum atomic E-state index is -0.642. The number of hydrogen-bond donors (Lipinski definition) is 1. The van der Waals surface area contributed by atoms with Crippen LogP contribution < -0.4 is 16.0 Å². The first kappa shape index (κ1) is 28.6. The Bertz CT molecular complexity index is 1140. The predicted molar refractivity (Wildman–Crippen MR) is 148 cm³/mol. The molecule has 1 aliphatic heterocycles. The van der Waals surface area contributed by atoms with Crippen molar-refractivity contribution in [2.24, 2.45) is 0 Å². The molecular weight excluding hydrogens is 480 g/mol. The molecule has 9 heteroatoms. The molecule has 2 heterocycles. The highest BCUT2D eigenvalue weighted by molar-refractivity contribution is 7.27. The molecule has 2 aromatic carbocycles. The largest absolute Gasteiger partial charge is 0.502 e. The third-order valence-corrected chi connectivity index (χ3v) is 6.01. The average Bonchev–Trinajstić information content (AvgIpc) is 2.84. The van der Waals surface area contributed by atoms with Crippen molar-refractivity contribution in [3.05, 3.63) is 81.8 Å². The predicted octanol–water partition coefficient (Wildman–Crippen LogP) is 2.74. The zero-order valence-electron chi connectivity index (χ0n) is 20.8. The van der Waals surface area contributed by atoms with Crippen LogP contribution in [0.4, 0.5) is 0 Å². The second kappa shape index (κ2) is 14.1. The lowest BCUT2D eigenvalue weighted by Gasteiger charge is -2.30. The summed E-state index contributed by atoms with van der Waals surface area (Å²) < 4.78 is 6.46. The smallest absolute Gasteiger partial charge is 0.276 e. The topological polar surface area (TPSA) is 84.7 Å². The Morgan fingerprint density at radius 1 is 1.03 bits per heavy atom. The summed E-state index contributed by atoms with van der Waals surface area (Å²) in [7, 11) is 7.04. The van der Waals surface area contributed by atoms with Gasteiger partial charge in [-0.15, -0.1) is 18.5 Å². The van der Waals surface area contributed by atoms with Crippen molar-refractivity contribution in [1.82, 2.24) is 14.7 Å². The van der Waals surface area contributed by atoms with E-state index in [1.54, 1.807) is 12.0 Å². The summed E-state index contributed by atoms with van der Waals surface area (Å²) in [5.41, 5.74) is 2.03. The van der Waals surface area contributed by atoms with Gasteiger partial charge in [0, 0.05) is 20.2 Å². The molecule has 0 saturated heterocycles. The maximum absolute atomic E-state index is 12.2. The van der Waals surface area contributed by atoms with Crippen molar-refractivity contribution in [1.29, 1.82) is 0 Å². The molecule has 3 unspecified atom stereocenters. The lowest BCUT2D eigenvalue weighted by molar-refractivity contribution is 0.0470. The molecule has 0 aliphatic carbocycles. The number of fused-ring (bicyclic) bond motifs is 1. The molecule has 0 radical (unpaired) electrons. The average molecular weight is 516 g/mol. The molecule has 0 fully saturated rings. The third kappa shape index (κ3) is 8.24. The van der Waals surface area contributed by atoms with Crippen LogP contribution in [-0.4, -0.2) is 52.0 Å². The molecule has 4 rings (SSSR count). The van der Waals surface area contributed by atoms with Crippen LogP contribution in [0.15, 0.2) is 59.5 Å². The van der Waals surface area contributed by atoms with Crippen LogP contribution in [0.25, 0.3) is 0 Å². The maximum atomic E-state index is 12.2. The van der Waals surface area contributed by atoms with Gasteiger partial charge in [0.2, 0.25) is 5.43 Å². The zero-order valence-corrected chi connectivity index (χ0v) is 23.1. The summed E-state index contributed by atoms with van der Waals surface area (Å²) in [5, 5.41) is 16.0. The summed E-state index contributed by atoms with van der Waals surface area (Å²) >= 11 is 0. The lowest BCUT2D eigenvalue weighted by Crippen LogP contribution is -2.45. The normalized spacial score (nSPS) is 13.1. The molecule has 188 valence electrons. The van der Waals surface area contributed by atoms with Gasteiger partial charge in [-0.25, -0.2) is 0 Å². The van der Waals surface area contributed by atoms with Crippen molar-refractivity contribution >= 4 is 35.0 Å². The van der Waals surface area contributed by atoms with Crippen molar-refractivity contribution in [3.63, 3.8) is 0 Å². The highest BCUT2D eigenvalue weighted by atomic mass is 31.0. The van der Waals surface area contributed by atoms with Gasteiger partial charge < -0.3 is 14.7 Å². The van der Waals surface area contributed by atoms with Gasteiger partial charge in [0.05, 0.1) is 18.8 Å². The number of hydrogen-bond acceptors (Lipinski definition) is 5. The van der Waals surface area contributed by atoms with Crippen molar-refractivity contribution < 1.29 is 14.6 Å². The van der Waals surface area contributed by atoms with Gasteiger partial charge in [0.15, 0.2) is 11.4 Å². The molecule has 1 aromatic heterocycles. The van der Waals surface area contributed by atoms with E-state index >= 15 is 0 Å². The van der Waals surface area contributed by atoms with E-state index in [0.717, 1.165) is 12.6 Å². The number of ether oxygens (including phenoxy) is 1. The summed E-state index contributed by atoms with van der Waals surface area (Å²) in [6, 6.07) is 17.2. The molecule has 1 amide bonds. The van der Waals surface area contributed by atoms with Crippen LogP contribution in [0.3, 0.4) is 0 Å². The Morgan fingerprint density at radius 2 is 1.60 bits per heavy atom. The van der Waals surface area contributed by atoms with Crippen molar-refractivity contribution in [2.45, 2.75) is 39.8 Å². The van der Waals surface area contributed by atoms with Crippen LogP contribution in [0, 0.1) is 0 Å². The quantitative estimate of drug-likeness (QED) is 0.529. The zero-order chi connectivity index (χ0) is 26.0. The molecule has 0 bridgehead atoms. The van der Waals surface area contributed by atoms with Gasteiger partial charge in [-0.05, 0) is 35.1 Å². The number of carbonyl (C=O) groups excluding carboxylic acids is 1. The van der Waals surface area contributed by atoms with E-state index in [0.29, 0.717) is 19.6 Å². The van der Waals surface area contributed by atoms with Gasteiger partial charge in [0.25, 0.3) is 5.91 Å². The number of nitrogens with zero attached hydrogens (tertiary/aromatic N) is 3. The minimum Gasteiger partial charge on any atom is -0.502 e. The van der Waals surface area contributed by atoms with Crippen LogP contribution in [0.1, 0.15) is 42.4 Å². The first-order valence-corrected chi connectivity index (χ1v) is 12.7. The lowest BCUT2D eigenvalue weighted by atomic mass is 10.1. The van der Waals surface area contributed by atoms with E-state index in [9.17, 15) is 14.7 Å². The number of rotatable bonds is 5. The van der Waals surface area contributed by atoms with Crippen LogP contribution in [0.5, 0.6) is 5.75 Å². The molecule has 1 N–H and O–H groups in total. The number of benzene rings is 2. The Balaban J connectivity index is 0.000000234. The fourth-order valence-electron chi connectivity index (χ4n) is 3.53. The maximum Gasteiger partial charge on any atom is 0.276 e. The Hall–Kier alpha value is -2.59. The van der Waals surface area contributed by atoms with Gasteiger partial charge >= 0.3 is 0 Å². The SMILES string of the molecule is CC.COC(C)CN1CCn2ncc(=O)c(O)c2C1=O.Pc1cccc(Cc2cccc(P)c2)c1. The summed E-state index contributed by atoms with van der Waals surface area (Å²) in [5.74, 6) is -0.933. The van der Waals surface area contributed by atoms with E-state index in [1.165, 1.54) is 26.4 Å². The molecule has 0 spiro atoms. The van der Waals surface area contributed by atoms with E-state index in [2.05, 4.69) is 72.1 Å². The second-order valence-electron chi connectivity index (χ2n) is 7.89. The number of carbonyl (C=O) groups is 1. The molecular formula is C26H35N3O4P2. The molecule has 7 nitrogen and oxygen atoms in total. The Labute approximate surface area is 211 Å². The highest BCUT2D eigenvalue weighted by Crippen LogP contribution is 2.17. The van der Waals surface area contributed by atoms with Crippen molar-refractivity contribution in [2.75, 3.05) is 20.2 Å². The van der Waals surface area contributed by atoms with Gasteiger partial charge in [-0.3, -0.25) is 14.3 Å². The Kier molecular flexibility index (Phi) is 11.5. The summed E-state index contributed by atoms with van der Waals surface area (Å²) in [6.07, 6.45) is 1.91. The number of methoxy groups -OCH3 is 1. The molecule has 3 aromatic rings. The minimum absolute atomic E-state index is 0.0444. The van der Waals surface area contributed by atoms with Crippen LogP contribution >= 0.6 is 18.5 Å². The fraction of sp³-hybridized carbons (Fsp3) is 0.346. The van der Waals surface area contributed by atoms with Crippen molar-refractivity contribution in [3.8, 4) is 5.75 Å². The summed E-state index contributed by atoms with van der Waals surface area (Å²) in [4.78, 5) is 25.0. The molecule has 0 saturated carbocycles. The van der Waals surface area contributed by atoms with E-state index in [1.807, 2.05) is 20.8 Å². The van der Waals surface area contributed by atoms with E-state index < -0.39 is 17.1 Å². The molecule has 1 aliphatic rings. The van der Waals surface area contributed by atoms with Gasteiger partial charge in [-0.1, -0.05) is 62.4 Å². The fourth-order valence-corrected chi connectivity index (χ4v) is 4.18. The number of aromatic hydroxyl groups is 1. The highest BCUT2D eigenvalue weighted by Gasteiger charge is 2.29. The number of amides is 1. The second-order valence-corrected chi connectivity index (χ2v) is 9.23. The summed E-state index contributed by atoms with van der Waals surface area (Å²) in [6.45, 7) is 7.19. The van der Waals surface area contributed by atoms with Gasteiger partial charge in [-0.2, -0.15) is 5.10 Å². The monoisotopic (exact) mass is 515 g/mol. The van der Waals surface area contributed by atoms with Gasteiger partial charge in [0.1, 0.15) is 0 Å². The molecule has 3 atom stereocenters.